The zero-order chi connectivity index (χ0) is 15.7. The largest absolute Gasteiger partial charge is 0.490 e. The fourth-order valence-electron chi connectivity index (χ4n) is 2.76. The maximum Gasteiger partial charge on any atom is 0.150 e. The molecule has 1 aliphatic rings. The highest BCUT2D eigenvalue weighted by atomic mass is 79.9. The van der Waals surface area contributed by atoms with Gasteiger partial charge in [0.2, 0.25) is 0 Å². The molecule has 2 aromatic carbocycles. The molecule has 0 saturated carbocycles. The van der Waals surface area contributed by atoms with Crippen LogP contribution in [0.25, 0.3) is 0 Å². The van der Waals surface area contributed by atoms with Gasteiger partial charge in [-0.25, -0.2) is 0 Å². The normalized spacial score (nSPS) is 16.9. The van der Waals surface area contributed by atoms with E-state index in [4.69, 9.17) is 9.47 Å². The summed E-state index contributed by atoms with van der Waals surface area (Å²) < 4.78 is 13.1. The van der Waals surface area contributed by atoms with E-state index in [1.807, 2.05) is 18.2 Å². The lowest BCUT2D eigenvalue weighted by atomic mass is 10.1. The third kappa shape index (κ3) is 3.07. The Morgan fingerprint density at radius 2 is 1.91 bits per heavy atom. The fourth-order valence-corrected chi connectivity index (χ4v) is 2.99. The molecule has 0 fully saturated rings. The summed E-state index contributed by atoms with van der Waals surface area (Å²) in [5, 5.41) is 0. The number of nitrogens with zero attached hydrogens (tertiary/aromatic N) is 1. The maximum atomic E-state index is 6.03. The van der Waals surface area contributed by atoms with E-state index >= 15 is 0 Å². The van der Waals surface area contributed by atoms with Crippen LogP contribution >= 0.6 is 15.9 Å². The predicted octanol–water partition coefficient (Wildman–Crippen LogP) is 4.34. The second kappa shape index (κ2) is 6.21. The van der Waals surface area contributed by atoms with Gasteiger partial charge in [-0.3, -0.25) is 0 Å². The van der Waals surface area contributed by atoms with E-state index < -0.39 is 0 Å². The Hall–Kier alpha value is -1.68. The summed E-state index contributed by atoms with van der Waals surface area (Å²) in [4.78, 5) is 2.21. The Bertz CT molecular complexity index is 664. The van der Waals surface area contributed by atoms with Crippen LogP contribution in [0.3, 0.4) is 0 Å². The molecule has 0 bridgehead atoms. The molecule has 2 aromatic rings. The van der Waals surface area contributed by atoms with Gasteiger partial charge in [0.05, 0.1) is 12.2 Å². The van der Waals surface area contributed by atoms with Gasteiger partial charge in [-0.2, -0.15) is 0 Å². The molecular weight excluding hydrogens is 342 g/mol. The Morgan fingerprint density at radius 3 is 2.64 bits per heavy atom. The van der Waals surface area contributed by atoms with E-state index in [1.165, 1.54) is 11.1 Å². The first-order valence-electron chi connectivity index (χ1n) is 7.41. The lowest BCUT2D eigenvalue weighted by Gasteiger charge is -2.33. The molecule has 4 heteroatoms. The molecule has 116 valence electrons. The Labute approximate surface area is 140 Å². The third-order valence-electron chi connectivity index (χ3n) is 3.89. The molecule has 0 aromatic heterocycles. The summed E-state index contributed by atoms with van der Waals surface area (Å²) >= 11 is 3.58. The highest BCUT2D eigenvalue weighted by Crippen LogP contribution is 2.32. The van der Waals surface area contributed by atoms with Crippen LogP contribution in [0.15, 0.2) is 40.9 Å². The van der Waals surface area contributed by atoms with Gasteiger partial charge in [-0.1, -0.05) is 28.1 Å². The molecule has 0 unspecified atom stereocenters. The van der Waals surface area contributed by atoms with Gasteiger partial charge >= 0.3 is 0 Å². The highest BCUT2D eigenvalue weighted by molar-refractivity contribution is 9.10. The smallest absolute Gasteiger partial charge is 0.150 e. The van der Waals surface area contributed by atoms with Crippen molar-refractivity contribution in [2.45, 2.75) is 20.0 Å². The van der Waals surface area contributed by atoms with E-state index in [9.17, 15) is 0 Å². The lowest BCUT2D eigenvalue weighted by Crippen LogP contribution is -2.41. The average molecular weight is 362 g/mol. The van der Waals surface area contributed by atoms with Gasteiger partial charge in [0.25, 0.3) is 0 Å². The first kappa shape index (κ1) is 15.2. The predicted molar refractivity (Wildman–Crippen MR) is 93.2 cm³/mol. The van der Waals surface area contributed by atoms with Crippen molar-refractivity contribution in [2.75, 3.05) is 25.1 Å². The van der Waals surface area contributed by atoms with Crippen molar-refractivity contribution in [1.29, 1.82) is 0 Å². The third-order valence-corrected chi connectivity index (χ3v) is 5.14. The van der Waals surface area contributed by atoms with E-state index in [0.29, 0.717) is 6.61 Å². The Balaban J connectivity index is 1.68. The van der Waals surface area contributed by atoms with Crippen LogP contribution < -0.4 is 14.4 Å². The summed E-state index contributed by atoms with van der Waals surface area (Å²) in [6.45, 7) is 5.51. The molecule has 3 rings (SSSR count). The van der Waals surface area contributed by atoms with Crippen LogP contribution in [0.4, 0.5) is 5.69 Å². The molecular formula is C18H20BrNO2. The number of hydrogen-bond donors (Lipinski definition) is 0. The van der Waals surface area contributed by atoms with Crippen molar-refractivity contribution >= 4 is 21.6 Å². The molecule has 0 spiro atoms. The topological polar surface area (TPSA) is 21.7 Å². The maximum absolute atomic E-state index is 6.03. The average Bonchev–Trinajstić information content (AvgIpc) is 2.50. The summed E-state index contributed by atoms with van der Waals surface area (Å²) in [6, 6.07) is 12.2. The monoisotopic (exact) mass is 361 g/mol. The second-order valence-corrected chi connectivity index (χ2v) is 6.56. The Kier molecular flexibility index (Phi) is 4.30. The first-order valence-corrected chi connectivity index (χ1v) is 8.20. The van der Waals surface area contributed by atoms with E-state index in [-0.39, 0.29) is 6.10 Å². The molecule has 0 saturated heterocycles. The van der Waals surface area contributed by atoms with Crippen molar-refractivity contribution in [1.82, 2.24) is 0 Å². The SMILES string of the molecule is Cc1cc(OC[C@@H]2CN(C)c3ccccc3O2)cc(C)c1Br. The summed E-state index contributed by atoms with van der Waals surface area (Å²) in [5.41, 5.74) is 3.50. The standard InChI is InChI=1S/C18H20BrNO2/c1-12-8-14(9-13(2)18(12)19)21-11-15-10-20(3)16-6-4-5-7-17(16)22-15/h4-9,15H,10-11H2,1-3H3/t15-/m0/s1. The van der Waals surface area contributed by atoms with Gasteiger partial charge in [0, 0.05) is 11.5 Å². The number of rotatable bonds is 3. The number of aryl methyl sites for hydroxylation is 2. The minimum atomic E-state index is 0.0316. The minimum absolute atomic E-state index is 0.0316. The van der Waals surface area contributed by atoms with Gasteiger partial charge in [0.15, 0.2) is 0 Å². The zero-order valence-electron chi connectivity index (χ0n) is 13.1. The van der Waals surface area contributed by atoms with Crippen LogP contribution in [0.2, 0.25) is 0 Å². The van der Waals surface area contributed by atoms with Gasteiger partial charge < -0.3 is 14.4 Å². The van der Waals surface area contributed by atoms with Crippen LogP contribution in [-0.2, 0) is 0 Å². The Morgan fingerprint density at radius 1 is 1.23 bits per heavy atom. The lowest BCUT2D eigenvalue weighted by molar-refractivity contribution is 0.126. The number of fused-ring (bicyclic) bond motifs is 1. The summed E-state index contributed by atoms with van der Waals surface area (Å²) in [7, 11) is 2.09. The molecule has 1 aliphatic heterocycles. The van der Waals surface area contributed by atoms with Crippen LogP contribution in [0, 0.1) is 13.8 Å². The van der Waals surface area contributed by atoms with Crippen molar-refractivity contribution < 1.29 is 9.47 Å². The van der Waals surface area contributed by atoms with Gasteiger partial charge in [-0.15, -0.1) is 0 Å². The molecule has 0 amide bonds. The number of benzene rings is 2. The molecule has 0 N–H and O–H groups in total. The number of anilines is 1. The first-order chi connectivity index (χ1) is 10.5. The van der Waals surface area contributed by atoms with Gasteiger partial charge in [-0.05, 0) is 49.2 Å². The number of likely N-dealkylation sites (N-methyl/N-ethyl adjacent to an activating group) is 1. The van der Waals surface area contributed by atoms with Gasteiger partial charge in [0.1, 0.15) is 24.2 Å². The highest BCUT2D eigenvalue weighted by Gasteiger charge is 2.23. The van der Waals surface area contributed by atoms with Crippen molar-refractivity contribution in [3.05, 3.63) is 52.0 Å². The van der Waals surface area contributed by atoms with Crippen molar-refractivity contribution in [3.63, 3.8) is 0 Å². The second-order valence-electron chi connectivity index (χ2n) is 5.77. The molecule has 3 nitrogen and oxygen atoms in total. The number of hydrogen-bond acceptors (Lipinski definition) is 3. The molecule has 22 heavy (non-hydrogen) atoms. The van der Waals surface area contributed by atoms with E-state index in [1.54, 1.807) is 0 Å². The summed E-state index contributed by atoms with van der Waals surface area (Å²) in [5.74, 6) is 1.82. The molecule has 1 atom stereocenters. The fraction of sp³-hybridized carbons (Fsp3) is 0.333. The number of para-hydroxylation sites is 2. The quantitative estimate of drug-likeness (QED) is 0.811. The molecule has 0 aliphatic carbocycles. The van der Waals surface area contributed by atoms with E-state index in [0.717, 1.165) is 28.2 Å². The van der Waals surface area contributed by atoms with Crippen LogP contribution in [0.1, 0.15) is 11.1 Å². The molecule has 0 radical (unpaired) electrons. The zero-order valence-corrected chi connectivity index (χ0v) is 14.7. The van der Waals surface area contributed by atoms with Crippen LogP contribution in [0.5, 0.6) is 11.5 Å². The number of ether oxygens (including phenoxy) is 2. The summed E-state index contributed by atoms with van der Waals surface area (Å²) in [6.07, 6.45) is 0.0316. The molecule has 1 heterocycles. The van der Waals surface area contributed by atoms with E-state index in [2.05, 4.69) is 59.9 Å². The van der Waals surface area contributed by atoms with Crippen LogP contribution in [-0.4, -0.2) is 26.3 Å². The number of halogens is 1. The van der Waals surface area contributed by atoms with Crippen molar-refractivity contribution in [2.24, 2.45) is 0 Å². The minimum Gasteiger partial charge on any atom is -0.490 e. The van der Waals surface area contributed by atoms with Crippen molar-refractivity contribution in [3.8, 4) is 11.5 Å².